The summed E-state index contributed by atoms with van der Waals surface area (Å²) in [5, 5.41) is 23.9. The lowest BCUT2D eigenvalue weighted by molar-refractivity contribution is -0.150. The molecule has 0 heterocycles. The van der Waals surface area contributed by atoms with Crippen molar-refractivity contribution in [1.82, 2.24) is 5.32 Å². The van der Waals surface area contributed by atoms with Gasteiger partial charge in [0.25, 0.3) is 0 Å². The third-order valence-corrected chi connectivity index (χ3v) is 12.5. The summed E-state index contributed by atoms with van der Waals surface area (Å²) in [6, 6.07) is -0.726. The lowest BCUT2D eigenvalue weighted by Gasteiger charge is -2.24. The summed E-state index contributed by atoms with van der Waals surface area (Å²) in [6.07, 6.45) is 70.8. The molecule has 3 atom stereocenters. The minimum Gasteiger partial charge on any atom is -0.462 e. The molecule has 0 aromatic heterocycles. The number of esters is 1. The summed E-state index contributed by atoms with van der Waals surface area (Å²) in [6.45, 7) is 6.34. The van der Waals surface area contributed by atoms with E-state index in [1.807, 2.05) is 6.08 Å². The molecule has 0 spiro atoms. The SMILES string of the molecule is CC/C=C/C/C=C/C/C=C/C/C=C/C/C=C/CCC(=O)OC(CCCCCCC/C=C\C/C=C\CCCCC)CC(=O)NC(CO)C(O)CCCCCCCCCCCCCCCCCCC. The minimum atomic E-state index is -0.809. The zero-order valence-electron chi connectivity index (χ0n) is 44.0. The van der Waals surface area contributed by atoms with Crippen LogP contribution in [0.4, 0.5) is 0 Å². The summed E-state index contributed by atoms with van der Waals surface area (Å²) < 4.78 is 5.90. The Morgan fingerprint density at radius 3 is 1.25 bits per heavy atom. The summed E-state index contributed by atoms with van der Waals surface area (Å²) in [5.41, 5.74) is 0. The van der Waals surface area contributed by atoms with Gasteiger partial charge in [0, 0.05) is 6.42 Å². The van der Waals surface area contributed by atoms with Crippen LogP contribution in [0.1, 0.15) is 265 Å². The van der Waals surface area contributed by atoms with E-state index >= 15 is 0 Å². The second kappa shape index (κ2) is 54.0. The fourth-order valence-electron chi connectivity index (χ4n) is 8.22. The molecule has 0 radical (unpaired) electrons. The lowest BCUT2D eigenvalue weighted by Crippen LogP contribution is -2.46. The molecule has 1 amide bonds. The lowest BCUT2D eigenvalue weighted by atomic mass is 10.0. The largest absolute Gasteiger partial charge is 0.462 e. The van der Waals surface area contributed by atoms with Crippen molar-refractivity contribution >= 4 is 11.9 Å². The molecule has 3 N–H and O–H groups in total. The molecule has 386 valence electrons. The Hall–Kier alpha value is -2.96. The van der Waals surface area contributed by atoms with Crippen molar-refractivity contribution in [3.8, 4) is 0 Å². The van der Waals surface area contributed by atoms with E-state index in [-0.39, 0.29) is 31.3 Å². The predicted molar refractivity (Wildman–Crippen MR) is 291 cm³/mol. The van der Waals surface area contributed by atoms with Gasteiger partial charge in [-0.3, -0.25) is 9.59 Å². The second-order valence-electron chi connectivity index (χ2n) is 19.0. The van der Waals surface area contributed by atoms with E-state index in [1.165, 1.54) is 116 Å². The molecule has 0 saturated carbocycles. The molecule has 0 aliphatic carbocycles. The molecule has 0 aliphatic heterocycles. The van der Waals surface area contributed by atoms with Crippen LogP contribution in [0.15, 0.2) is 85.1 Å². The maximum atomic E-state index is 13.3. The zero-order chi connectivity index (χ0) is 48.8. The van der Waals surface area contributed by atoms with Gasteiger partial charge in [-0.05, 0) is 89.9 Å². The molecule has 0 aliphatic rings. The van der Waals surface area contributed by atoms with Crippen molar-refractivity contribution in [2.24, 2.45) is 0 Å². The number of aliphatic hydroxyl groups is 2. The van der Waals surface area contributed by atoms with Gasteiger partial charge in [0.05, 0.1) is 25.2 Å². The van der Waals surface area contributed by atoms with Gasteiger partial charge < -0.3 is 20.3 Å². The van der Waals surface area contributed by atoms with E-state index in [1.54, 1.807) is 0 Å². The Labute approximate surface area is 414 Å². The quantitative estimate of drug-likeness (QED) is 0.0321. The third-order valence-electron chi connectivity index (χ3n) is 12.5. The highest BCUT2D eigenvalue weighted by atomic mass is 16.5. The number of hydrogen-bond donors (Lipinski definition) is 3. The molecule has 0 rings (SSSR count). The first-order valence-electron chi connectivity index (χ1n) is 28.3. The number of hydrogen-bond acceptors (Lipinski definition) is 5. The molecule has 0 saturated heterocycles. The number of unbranched alkanes of at least 4 members (excludes halogenated alkanes) is 24. The van der Waals surface area contributed by atoms with E-state index in [0.29, 0.717) is 19.3 Å². The van der Waals surface area contributed by atoms with Gasteiger partial charge in [-0.2, -0.15) is 0 Å². The third kappa shape index (κ3) is 49.3. The molecule has 67 heavy (non-hydrogen) atoms. The van der Waals surface area contributed by atoms with Crippen LogP contribution >= 0.6 is 0 Å². The fourth-order valence-corrected chi connectivity index (χ4v) is 8.22. The summed E-state index contributed by atoms with van der Waals surface area (Å²) in [5.74, 6) is -0.586. The fraction of sp³-hybridized carbons (Fsp3) is 0.738. The van der Waals surface area contributed by atoms with Crippen LogP contribution in [-0.4, -0.2) is 46.9 Å². The number of aliphatic hydroxyl groups excluding tert-OH is 2. The van der Waals surface area contributed by atoms with Crippen LogP contribution in [0.3, 0.4) is 0 Å². The first-order valence-corrected chi connectivity index (χ1v) is 28.3. The van der Waals surface area contributed by atoms with E-state index in [9.17, 15) is 19.8 Å². The van der Waals surface area contributed by atoms with Crippen LogP contribution in [0.2, 0.25) is 0 Å². The number of carbonyl (C=O) groups is 2. The van der Waals surface area contributed by atoms with Crippen LogP contribution in [0.5, 0.6) is 0 Å². The van der Waals surface area contributed by atoms with Crippen molar-refractivity contribution in [3.05, 3.63) is 85.1 Å². The first kappa shape index (κ1) is 64.0. The van der Waals surface area contributed by atoms with Gasteiger partial charge in [-0.1, -0.05) is 247 Å². The molecule has 3 unspecified atom stereocenters. The van der Waals surface area contributed by atoms with Gasteiger partial charge >= 0.3 is 5.97 Å². The molecule has 6 heteroatoms. The summed E-state index contributed by atoms with van der Waals surface area (Å²) >= 11 is 0. The average Bonchev–Trinajstić information content (AvgIpc) is 3.32. The number of allylic oxidation sites excluding steroid dienone is 14. The standard InChI is InChI=1S/C61H107NO5/c1-4-7-10-13-16-19-22-25-28-30-32-35-38-41-44-47-50-53-59(64)58(56-63)62-60(65)55-57(52-49-46-43-40-37-34-31-27-24-21-18-15-12-9-6-3)67-61(66)54-51-48-45-42-39-36-33-29-26-23-20-17-14-11-8-5-2/h8,11,17-18,20-21,26-27,29,31,36,39,45,48,57-59,63-64H,4-7,9-10,12-16,19,22-25,28,30,32-35,37-38,40-44,46-47,49-56H2,1-3H3,(H,62,65)/b11-8+,20-17+,21-18-,29-26+,31-27-,39-36+,48-45+. The Bertz CT molecular complexity index is 1280. The van der Waals surface area contributed by atoms with Crippen LogP contribution in [-0.2, 0) is 14.3 Å². The zero-order valence-corrected chi connectivity index (χ0v) is 44.0. The van der Waals surface area contributed by atoms with Gasteiger partial charge in [-0.15, -0.1) is 0 Å². The Morgan fingerprint density at radius 1 is 0.448 bits per heavy atom. The van der Waals surface area contributed by atoms with Crippen molar-refractivity contribution in [3.63, 3.8) is 0 Å². The first-order chi connectivity index (χ1) is 33.0. The normalized spacial score (nSPS) is 13.8. The van der Waals surface area contributed by atoms with Gasteiger partial charge in [0.1, 0.15) is 6.10 Å². The van der Waals surface area contributed by atoms with Crippen LogP contribution < -0.4 is 5.32 Å². The van der Waals surface area contributed by atoms with E-state index in [4.69, 9.17) is 4.74 Å². The summed E-state index contributed by atoms with van der Waals surface area (Å²) in [7, 11) is 0. The highest BCUT2D eigenvalue weighted by Gasteiger charge is 2.24. The number of carbonyl (C=O) groups excluding carboxylic acids is 2. The van der Waals surface area contributed by atoms with E-state index in [2.05, 4.69) is 105 Å². The average molecular weight is 935 g/mol. The molecule has 0 bridgehead atoms. The molecule has 0 aromatic rings. The highest BCUT2D eigenvalue weighted by molar-refractivity contribution is 5.77. The Kier molecular flexibility index (Phi) is 51.6. The molecule has 6 nitrogen and oxygen atoms in total. The van der Waals surface area contributed by atoms with Gasteiger partial charge in [0.15, 0.2) is 0 Å². The predicted octanol–water partition coefficient (Wildman–Crippen LogP) is 17.5. The number of ether oxygens (including phenoxy) is 1. The van der Waals surface area contributed by atoms with E-state index in [0.717, 1.165) is 96.3 Å². The van der Waals surface area contributed by atoms with E-state index < -0.39 is 18.2 Å². The molecular weight excluding hydrogens is 827 g/mol. The van der Waals surface area contributed by atoms with Gasteiger partial charge in [0.2, 0.25) is 5.91 Å². The van der Waals surface area contributed by atoms with Gasteiger partial charge in [-0.25, -0.2) is 0 Å². The van der Waals surface area contributed by atoms with Crippen LogP contribution in [0, 0.1) is 0 Å². The molecular formula is C61H107NO5. The van der Waals surface area contributed by atoms with Crippen molar-refractivity contribution < 1.29 is 24.5 Å². The van der Waals surface area contributed by atoms with Crippen molar-refractivity contribution in [2.45, 2.75) is 283 Å². The maximum absolute atomic E-state index is 13.3. The smallest absolute Gasteiger partial charge is 0.306 e. The summed E-state index contributed by atoms with van der Waals surface area (Å²) in [4.78, 5) is 26.2. The number of amides is 1. The topological polar surface area (TPSA) is 95.9 Å². The Balaban J connectivity index is 4.66. The van der Waals surface area contributed by atoms with Crippen molar-refractivity contribution in [1.29, 1.82) is 0 Å². The number of nitrogens with one attached hydrogen (secondary N) is 1. The molecule has 0 fully saturated rings. The monoisotopic (exact) mass is 934 g/mol. The van der Waals surface area contributed by atoms with Crippen molar-refractivity contribution in [2.75, 3.05) is 6.61 Å². The Morgan fingerprint density at radius 2 is 0.806 bits per heavy atom. The second-order valence-corrected chi connectivity index (χ2v) is 19.0. The van der Waals surface area contributed by atoms with Crippen LogP contribution in [0.25, 0.3) is 0 Å². The molecule has 0 aromatic carbocycles. The highest BCUT2D eigenvalue weighted by Crippen LogP contribution is 2.18. The minimum absolute atomic E-state index is 0.0353. The maximum Gasteiger partial charge on any atom is 0.306 e. The number of rotatable bonds is 50.